The standard InChI is InChI=1S/C22H18ClN3O7S/c23-16-12-34-21-18(24-17(27)11-32-15-4-2-1-3-5-15)20(28)25(21)19(16)22(29)33-10-13-6-8-14(9-7-13)26(30)31/h1-9,18,21H,10-12H2,(H,24,27)/t18?,21-/m1/s1. The number of fused-ring (bicyclic) bond motifs is 1. The number of β-lactam (4-membered cyclic amide) rings is 1. The van der Waals surface area contributed by atoms with E-state index in [1.807, 2.05) is 6.07 Å². The smallest absolute Gasteiger partial charge is 0.356 e. The van der Waals surface area contributed by atoms with Gasteiger partial charge in [0, 0.05) is 17.9 Å². The molecule has 0 bridgehead atoms. The number of nitrogens with one attached hydrogen (secondary N) is 1. The predicted octanol–water partition coefficient (Wildman–Crippen LogP) is 2.57. The van der Waals surface area contributed by atoms with Crippen LogP contribution in [0.3, 0.4) is 0 Å². The zero-order valence-electron chi connectivity index (χ0n) is 17.5. The number of ether oxygens (including phenoxy) is 2. The molecule has 2 aliphatic rings. The fourth-order valence-electron chi connectivity index (χ4n) is 3.38. The molecule has 1 saturated heterocycles. The molecule has 4 rings (SSSR count). The van der Waals surface area contributed by atoms with E-state index in [0.29, 0.717) is 11.3 Å². The summed E-state index contributed by atoms with van der Waals surface area (Å²) in [7, 11) is 0. The largest absolute Gasteiger partial charge is 0.484 e. The van der Waals surface area contributed by atoms with E-state index in [2.05, 4.69) is 5.32 Å². The van der Waals surface area contributed by atoms with Crippen LogP contribution in [0.15, 0.2) is 65.3 Å². The van der Waals surface area contributed by atoms with Gasteiger partial charge in [-0.1, -0.05) is 29.8 Å². The molecule has 176 valence electrons. The average Bonchev–Trinajstić information content (AvgIpc) is 2.85. The Bertz CT molecular complexity index is 1160. The highest BCUT2D eigenvalue weighted by molar-refractivity contribution is 8.00. The molecule has 2 amide bonds. The molecule has 0 aromatic heterocycles. The van der Waals surface area contributed by atoms with Gasteiger partial charge in [-0.15, -0.1) is 11.8 Å². The number of nitro groups is 1. The fraction of sp³-hybridized carbons (Fsp3) is 0.227. The molecule has 0 aliphatic carbocycles. The van der Waals surface area contributed by atoms with Gasteiger partial charge in [-0.2, -0.15) is 0 Å². The number of non-ortho nitro benzene ring substituents is 1. The normalized spacial score (nSPS) is 19.1. The molecule has 0 radical (unpaired) electrons. The zero-order valence-corrected chi connectivity index (χ0v) is 19.1. The highest BCUT2D eigenvalue weighted by Gasteiger charge is 2.54. The quantitative estimate of drug-likeness (QED) is 0.252. The van der Waals surface area contributed by atoms with Crippen molar-refractivity contribution >= 4 is 46.8 Å². The number of amides is 2. The number of nitrogens with zero attached hydrogens (tertiary/aromatic N) is 2. The van der Waals surface area contributed by atoms with Gasteiger partial charge in [-0.3, -0.25) is 24.6 Å². The van der Waals surface area contributed by atoms with Crippen LogP contribution >= 0.6 is 23.4 Å². The molecule has 1 unspecified atom stereocenters. The van der Waals surface area contributed by atoms with Crippen molar-refractivity contribution in [1.82, 2.24) is 10.2 Å². The fourth-order valence-corrected chi connectivity index (χ4v) is 4.93. The molecule has 2 aliphatic heterocycles. The molecule has 34 heavy (non-hydrogen) atoms. The van der Waals surface area contributed by atoms with Crippen LogP contribution in [-0.4, -0.2) is 51.4 Å². The Morgan fingerprint density at radius 3 is 2.56 bits per heavy atom. The van der Waals surface area contributed by atoms with Crippen molar-refractivity contribution in [2.75, 3.05) is 12.4 Å². The number of para-hydroxylation sites is 1. The molecule has 1 N–H and O–H groups in total. The predicted molar refractivity (Wildman–Crippen MR) is 123 cm³/mol. The summed E-state index contributed by atoms with van der Waals surface area (Å²) in [6, 6.07) is 13.5. The number of benzene rings is 2. The Kier molecular flexibility index (Phi) is 7.03. The monoisotopic (exact) mass is 503 g/mol. The van der Waals surface area contributed by atoms with E-state index in [0.717, 1.165) is 0 Å². The molecule has 2 atom stereocenters. The lowest BCUT2D eigenvalue weighted by Crippen LogP contribution is -2.70. The number of hydrogen-bond acceptors (Lipinski definition) is 8. The van der Waals surface area contributed by atoms with Crippen LogP contribution in [0.5, 0.6) is 5.75 Å². The van der Waals surface area contributed by atoms with Crippen molar-refractivity contribution < 1.29 is 28.8 Å². The molecule has 2 aromatic rings. The van der Waals surface area contributed by atoms with Crippen LogP contribution in [0.1, 0.15) is 5.56 Å². The summed E-state index contributed by atoms with van der Waals surface area (Å²) in [6.45, 7) is -0.409. The average molecular weight is 504 g/mol. The first-order valence-corrected chi connectivity index (χ1v) is 11.5. The van der Waals surface area contributed by atoms with E-state index in [9.17, 15) is 24.5 Å². The zero-order chi connectivity index (χ0) is 24.2. The SMILES string of the molecule is O=C(COc1ccccc1)NC1C(=O)N2C(C(=O)OCc3ccc([N+](=O)[O-])cc3)=C(Cl)CS[C@H]12. The van der Waals surface area contributed by atoms with Gasteiger partial charge in [0.2, 0.25) is 0 Å². The Hall–Kier alpha value is -3.57. The lowest BCUT2D eigenvalue weighted by Gasteiger charge is -2.49. The van der Waals surface area contributed by atoms with Crippen molar-refractivity contribution in [3.63, 3.8) is 0 Å². The Morgan fingerprint density at radius 2 is 1.88 bits per heavy atom. The van der Waals surface area contributed by atoms with Crippen LogP contribution in [0.25, 0.3) is 0 Å². The van der Waals surface area contributed by atoms with E-state index >= 15 is 0 Å². The molecule has 2 aromatic carbocycles. The minimum atomic E-state index is -0.820. The first-order valence-electron chi connectivity index (χ1n) is 10.1. The van der Waals surface area contributed by atoms with E-state index in [4.69, 9.17) is 21.1 Å². The third-order valence-corrected chi connectivity index (χ3v) is 6.81. The van der Waals surface area contributed by atoms with Gasteiger partial charge in [0.05, 0.1) is 9.96 Å². The number of thioether (sulfide) groups is 1. The topological polar surface area (TPSA) is 128 Å². The number of hydrogen-bond donors (Lipinski definition) is 1. The van der Waals surface area contributed by atoms with Gasteiger partial charge in [-0.25, -0.2) is 4.79 Å². The third-order valence-electron chi connectivity index (χ3n) is 5.06. The highest BCUT2D eigenvalue weighted by Crippen LogP contribution is 2.41. The summed E-state index contributed by atoms with van der Waals surface area (Å²) in [6.07, 6.45) is 0. The lowest BCUT2D eigenvalue weighted by atomic mass is 10.1. The minimum Gasteiger partial charge on any atom is -0.484 e. The highest BCUT2D eigenvalue weighted by atomic mass is 35.5. The van der Waals surface area contributed by atoms with Crippen molar-refractivity contribution in [2.45, 2.75) is 18.0 Å². The summed E-state index contributed by atoms with van der Waals surface area (Å²) < 4.78 is 10.7. The van der Waals surface area contributed by atoms with Crippen molar-refractivity contribution in [3.05, 3.63) is 81.0 Å². The molecule has 10 nitrogen and oxygen atoms in total. The van der Waals surface area contributed by atoms with Gasteiger partial charge >= 0.3 is 5.97 Å². The second kappa shape index (κ2) is 10.1. The summed E-state index contributed by atoms with van der Waals surface area (Å²) >= 11 is 7.54. The Balaban J connectivity index is 1.34. The number of nitro benzene ring substituents is 1. The second-order valence-corrected chi connectivity index (χ2v) is 8.87. The summed E-state index contributed by atoms with van der Waals surface area (Å²) in [5.74, 6) is -0.945. The Morgan fingerprint density at radius 1 is 1.18 bits per heavy atom. The van der Waals surface area contributed by atoms with E-state index < -0.39 is 34.1 Å². The second-order valence-electron chi connectivity index (χ2n) is 7.31. The maximum Gasteiger partial charge on any atom is 0.356 e. The van der Waals surface area contributed by atoms with Gasteiger partial charge in [0.25, 0.3) is 17.5 Å². The van der Waals surface area contributed by atoms with Gasteiger partial charge in [0.15, 0.2) is 6.61 Å². The summed E-state index contributed by atoms with van der Waals surface area (Å²) in [5, 5.41) is 13.0. The van der Waals surface area contributed by atoms with Crippen molar-refractivity contribution in [3.8, 4) is 5.75 Å². The summed E-state index contributed by atoms with van der Waals surface area (Å²) in [5.41, 5.74) is 0.390. The van der Waals surface area contributed by atoms with E-state index in [1.165, 1.54) is 40.9 Å². The number of carbonyl (C=O) groups excluding carboxylic acids is 3. The van der Waals surface area contributed by atoms with E-state index in [1.54, 1.807) is 24.3 Å². The maximum atomic E-state index is 12.7. The molecular formula is C22H18ClN3O7S. The van der Waals surface area contributed by atoms with E-state index in [-0.39, 0.29) is 35.4 Å². The molecule has 1 fully saturated rings. The van der Waals surface area contributed by atoms with Gasteiger partial charge in [0.1, 0.15) is 29.5 Å². The van der Waals surface area contributed by atoms with Crippen LogP contribution in [0, 0.1) is 10.1 Å². The van der Waals surface area contributed by atoms with Gasteiger partial charge in [-0.05, 0) is 29.8 Å². The molecule has 2 heterocycles. The van der Waals surface area contributed by atoms with Crippen LogP contribution in [0.4, 0.5) is 5.69 Å². The van der Waals surface area contributed by atoms with Crippen molar-refractivity contribution in [1.29, 1.82) is 0 Å². The van der Waals surface area contributed by atoms with Crippen LogP contribution < -0.4 is 10.1 Å². The third kappa shape index (κ3) is 5.00. The number of esters is 1. The van der Waals surface area contributed by atoms with Crippen LogP contribution in [0.2, 0.25) is 0 Å². The molecule has 0 spiro atoms. The Labute approximate surface area is 203 Å². The number of carbonyl (C=O) groups is 3. The van der Waals surface area contributed by atoms with Crippen molar-refractivity contribution in [2.24, 2.45) is 0 Å². The van der Waals surface area contributed by atoms with Gasteiger partial charge < -0.3 is 14.8 Å². The molecular weight excluding hydrogens is 486 g/mol. The molecule has 12 heteroatoms. The molecule has 0 saturated carbocycles. The number of halogens is 1. The first kappa shape index (κ1) is 23.6. The first-order chi connectivity index (χ1) is 16.3. The lowest BCUT2D eigenvalue weighted by molar-refractivity contribution is -0.384. The minimum absolute atomic E-state index is 0.0663. The summed E-state index contributed by atoms with van der Waals surface area (Å²) in [4.78, 5) is 49.1. The van der Waals surface area contributed by atoms with Crippen LogP contribution in [-0.2, 0) is 25.7 Å². The maximum absolute atomic E-state index is 12.7. The number of rotatable bonds is 8.